The standard InChI is InChI=1S/C3H3NO2S2/c5-2-1-3(8-7)6-4-2/h1,7H,(H,4,5). The maximum absolute atomic E-state index is 10.3. The zero-order chi connectivity index (χ0) is 5.98. The molecule has 0 aliphatic carbocycles. The summed E-state index contributed by atoms with van der Waals surface area (Å²) in [6.45, 7) is 0. The first kappa shape index (κ1) is 5.84. The van der Waals surface area contributed by atoms with Crippen molar-refractivity contribution in [1.29, 1.82) is 0 Å². The number of hydrogen-bond acceptors (Lipinski definition) is 4. The first-order valence-electron chi connectivity index (χ1n) is 1.83. The van der Waals surface area contributed by atoms with Gasteiger partial charge in [-0.2, -0.15) is 5.16 Å². The van der Waals surface area contributed by atoms with E-state index in [4.69, 9.17) is 0 Å². The van der Waals surface area contributed by atoms with E-state index in [0.717, 1.165) is 10.8 Å². The van der Waals surface area contributed by atoms with Crippen LogP contribution in [-0.4, -0.2) is 5.16 Å². The second kappa shape index (κ2) is 2.32. The molecule has 0 radical (unpaired) electrons. The molecule has 3 nitrogen and oxygen atoms in total. The van der Waals surface area contributed by atoms with Gasteiger partial charge in [0, 0.05) is 0 Å². The highest BCUT2D eigenvalue weighted by atomic mass is 33.1. The van der Waals surface area contributed by atoms with Crippen LogP contribution in [0.2, 0.25) is 0 Å². The number of aromatic nitrogens is 1. The smallest absolute Gasteiger partial charge is 0.281 e. The molecule has 0 spiro atoms. The van der Waals surface area contributed by atoms with Crippen molar-refractivity contribution in [3.63, 3.8) is 0 Å². The van der Waals surface area contributed by atoms with Crippen LogP contribution in [0.15, 0.2) is 20.5 Å². The van der Waals surface area contributed by atoms with Crippen molar-refractivity contribution in [2.45, 2.75) is 5.09 Å². The van der Waals surface area contributed by atoms with Gasteiger partial charge < -0.3 is 4.52 Å². The molecule has 1 rings (SSSR count). The van der Waals surface area contributed by atoms with Crippen LogP contribution in [-0.2, 0) is 0 Å². The Bertz CT molecular complexity index is 215. The zero-order valence-electron chi connectivity index (χ0n) is 3.75. The maximum Gasteiger partial charge on any atom is 0.281 e. The quantitative estimate of drug-likeness (QED) is 0.460. The van der Waals surface area contributed by atoms with E-state index in [1.165, 1.54) is 6.07 Å². The Labute approximate surface area is 54.2 Å². The summed E-state index contributed by atoms with van der Waals surface area (Å²) < 4.78 is 4.56. The Balaban J connectivity index is 3.01. The largest absolute Gasteiger partial charge is 0.371 e. The molecular weight excluding hydrogens is 146 g/mol. The van der Waals surface area contributed by atoms with Crippen LogP contribution >= 0.6 is 22.5 Å². The minimum Gasteiger partial charge on any atom is -0.371 e. The molecule has 0 saturated heterocycles. The third-order valence-electron chi connectivity index (χ3n) is 0.591. The fraction of sp³-hybridized carbons (Fsp3) is 0. The molecule has 1 N–H and O–H groups in total. The van der Waals surface area contributed by atoms with Crippen molar-refractivity contribution in [2.75, 3.05) is 0 Å². The van der Waals surface area contributed by atoms with E-state index in [9.17, 15) is 4.79 Å². The molecule has 44 valence electrons. The highest BCUT2D eigenvalue weighted by Gasteiger charge is 1.93. The SMILES string of the molecule is O=c1cc(SS)o[nH]1. The Morgan fingerprint density at radius 3 is 2.88 bits per heavy atom. The van der Waals surface area contributed by atoms with Gasteiger partial charge in [0.2, 0.25) is 5.09 Å². The lowest BCUT2D eigenvalue weighted by Crippen LogP contribution is -1.92. The first-order chi connectivity index (χ1) is 3.83. The van der Waals surface area contributed by atoms with Gasteiger partial charge in [0.1, 0.15) is 0 Å². The lowest BCUT2D eigenvalue weighted by molar-refractivity contribution is 0.346. The van der Waals surface area contributed by atoms with Crippen LogP contribution in [0.4, 0.5) is 0 Å². The summed E-state index contributed by atoms with van der Waals surface area (Å²) in [4.78, 5) is 10.3. The lowest BCUT2D eigenvalue weighted by Gasteiger charge is -1.75. The van der Waals surface area contributed by atoms with Gasteiger partial charge in [0.25, 0.3) is 5.56 Å². The second-order valence-electron chi connectivity index (χ2n) is 1.12. The average Bonchev–Trinajstić information content (AvgIpc) is 2.14. The van der Waals surface area contributed by atoms with Gasteiger partial charge in [-0.15, -0.1) is 11.7 Å². The summed E-state index contributed by atoms with van der Waals surface area (Å²) in [5.41, 5.74) is -0.235. The molecule has 0 aliphatic heterocycles. The predicted octanol–water partition coefficient (Wildman–Crippen LogP) is 0.905. The fourth-order valence-corrected chi connectivity index (χ4v) is 0.820. The van der Waals surface area contributed by atoms with Crippen molar-refractivity contribution in [1.82, 2.24) is 5.16 Å². The third kappa shape index (κ3) is 1.10. The second-order valence-corrected chi connectivity index (χ2v) is 2.26. The Hall–Kier alpha value is -0.290. The Kier molecular flexibility index (Phi) is 1.69. The fourth-order valence-electron chi connectivity index (χ4n) is 0.312. The third-order valence-corrected chi connectivity index (χ3v) is 1.51. The van der Waals surface area contributed by atoms with Gasteiger partial charge in [0.15, 0.2) is 0 Å². The van der Waals surface area contributed by atoms with E-state index in [1.807, 2.05) is 0 Å². The van der Waals surface area contributed by atoms with Crippen LogP contribution < -0.4 is 5.56 Å². The van der Waals surface area contributed by atoms with Gasteiger partial charge in [-0.3, -0.25) is 4.79 Å². The van der Waals surface area contributed by atoms with Crippen molar-refractivity contribution in [3.05, 3.63) is 16.4 Å². The average molecular weight is 149 g/mol. The summed E-state index contributed by atoms with van der Waals surface area (Å²) in [5, 5.41) is 2.60. The van der Waals surface area contributed by atoms with Crippen LogP contribution in [0.1, 0.15) is 0 Å². The van der Waals surface area contributed by atoms with Crippen LogP contribution in [0.5, 0.6) is 0 Å². The normalized spacial score (nSPS) is 9.62. The van der Waals surface area contributed by atoms with Crippen LogP contribution in [0.3, 0.4) is 0 Å². The summed E-state index contributed by atoms with van der Waals surface area (Å²) >= 11 is 3.79. The van der Waals surface area contributed by atoms with Crippen molar-refractivity contribution < 1.29 is 4.52 Å². The van der Waals surface area contributed by atoms with Gasteiger partial charge in [0.05, 0.1) is 6.07 Å². The van der Waals surface area contributed by atoms with Gasteiger partial charge in [-0.05, 0) is 10.8 Å². The van der Waals surface area contributed by atoms with Crippen LogP contribution in [0.25, 0.3) is 0 Å². The lowest BCUT2D eigenvalue weighted by atomic mass is 10.7. The van der Waals surface area contributed by atoms with E-state index in [2.05, 4.69) is 21.3 Å². The number of rotatable bonds is 1. The van der Waals surface area contributed by atoms with E-state index in [-0.39, 0.29) is 5.56 Å². The molecule has 0 bridgehead atoms. The molecule has 1 heterocycles. The van der Waals surface area contributed by atoms with E-state index in [0.29, 0.717) is 5.09 Å². The number of nitrogens with one attached hydrogen (secondary N) is 1. The summed E-state index contributed by atoms with van der Waals surface area (Å²) in [6.07, 6.45) is 0. The molecule has 0 fully saturated rings. The van der Waals surface area contributed by atoms with Crippen LogP contribution in [0, 0.1) is 0 Å². The highest BCUT2D eigenvalue weighted by Crippen LogP contribution is 2.17. The molecule has 0 unspecified atom stereocenters. The van der Waals surface area contributed by atoms with E-state index in [1.54, 1.807) is 0 Å². The topological polar surface area (TPSA) is 46.0 Å². The molecule has 0 aromatic carbocycles. The monoisotopic (exact) mass is 149 g/mol. The minimum atomic E-state index is -0.235. The van der Waals surface area contributed by atoms with E-state index >= 15 is 0 Å². The molecule has 5 heteroatoms. The molecule has 0 amide bonds. The van der Waals surface area contributed by atoms with Gasteiger partial charge in [-0.25, -0.2) is 0 Å². The molecule has 8 heavy (non-hydrogen) atoms. The summed E-state index contributed by atoms with van der Waals surface area (Å²) in [5.74, 6) is 0. The molecule has 1 aromatic rings. The molecule has 1 aromatic heterocycles. The molecule has 0 aliphatic rings. The number of hydrogen-bond donors (Lipinski definition) is 2. The van der Waals surface area contributed by atoms with Gasteiger partial charge in [-0.1, -0.05) is 0 Å². The Morgan fingerprint density at radius 1 is 1.88 bits per heavy atom. The van der Waals surface area contributed by atoms with Crippen molar-refractivity contribution in [3.8, 4) is 0 Å². The zero-order valence-corrected chi connectivity index (χ0v) is 5.46. The van der Waals surface area contributed by atoms with Gasteiger partial charge >= 0.3 is 0 Å². The predicted molar refractivity (Wildman–Crippen MR) is 34.2 cm³/mol. The minimum absolute atomic E-state index is 0.235. The maximum atomic E-state index is 10.3. The molecule has 0 atom stereocenters. The summed E-state index contributed by atoms with van der Waals surface area (Å²) in [7, 11) is 1.09. The molecular formula is C3H3NO2S2. The summed E-state index contributed by atoms with van der Waals surface area (Å²) in [6, 6.07) is 1.33. The number of thiol groups is 1. The number of H-pyrrole nitrogens is 1. The van der Waals surface area contributed by atoms with Crippen molar-refractivity contribution >= 4 is 22.5 Å². The van der Waals surface area contributed by atoms with E-state index < -0.39 is 0 Å². The molecule has 0 saturated carbocycles. The van der Waals surface area contributed by atoms with Crippen molar-refractivity contribution in [2.24, 2.45) is 0 Å². The Morgan fingerprint density at radius 2 is 2.62 bits per heavy atom. The number of aromatic amines is 1. The highest BCUT2D eigenvalue weighted by molar-refractivity contribution is 8.68. The first-order valence-corrected chi connectivity index (χ1v) is 3.70.